The van der Waals surface area contributed by atoms with Crippen LogP contribution in [0.3, 0.4) is 0 Å². The van der Waals surface area contributed by atoms with Crippen LogP contribution in [-0.2, 0) is 6.54 Å². The maximum Gasteiger partial charge on any atom is 0.291 e. The number of amides is 2. The third-order valence-corrected chi connectivity index (χ3v) is 7.11. The standard InChI is InChI=1S/C30H33N5O5/c1-21-6-2-3-7-24(21)33-15-17-34(18-16-33)25-10-9-22(20-23(25)32-30(39)26-8-4-19-40-26)29(38)31-13-5-14-35-27(36)11-12-28(35)37/h2-4,6-12,19-20,36-37H,5,13-18H2,1H3,(H,31,38)(H,32,39). The van der Waals surface area contributed by atoms with E-state index in [9.17, 15) is 19.8 Å². The first-order chi connectivity index (χ1) is 19.4. The number of rotatable bonds is 9. The molecule has 0 unspecified atom stereocenters. The Hall–Kier alpha value is -4.86. The van der Waals surface area contributed by atoms with Crippen LogP contribution in [0.15, 0.2) is 77.4 Å². The highest BCUT2D eigenvalue weighted by Crippen LogP contribution is 2.30. The fraction of sp³-hybridized carbons (Fsp3) is 0.267. The van der Waals surface area contributed by atoms with E-state index >= 15 is 0 Å². The Balaban J connectivity index is 1.28. The Morgan fingerprint density at radius 2 is 1.55 bits per heavy atom. The topological polar surface area (TPSA) is 123 Å². The minimum atomic E-state index is -0.395. The lowest BCUT2D eigenvalue weighted by atomic mass is 10.1. The van der Waals surface area contributed by atoms with Crippen LogP contribution < -0.4 is 20.4 Å². The Bertz CT molecular complexity index is 1450. The smallest absolute Gasteiger partial charge is 0.291 e. The maximum atomic E-state index is 13.0. The van der Waals surface area contributed by atoms with Crippen LogP contribution in [0.5, 0.6) is 11.8 Å². The minimum Gasteiger partial charge on any atom is -0.494 e. The van der Waals surface area contributed by atoms with Crippen LogP contribution in [-0.4, -0.2) is 59.3 Å². The van der Waals surface area contributed by atoms with Gasteiger partial charge in [0.05, 0.1) is 17.6 Å². The zero-order valence-corrected chi connectivity index (χ0v) is 22.3. The summed E-state index contributed by atoms with van der Waals surface area (Å²) in [6.07, 6.45) is 1.95. The Morgan fingerprint density at radius 3 is 2.23 bits per heavy atom. The number of anilines is 3. The van der Waals surface area contributed by atoms with Crippen molar-refractivity contribution in [1.82, 2.24) is 9.88 Å². The van der Waals surface area contributed by atoms with E-state index in [0.29, 0.717) is 30.8 Å². The number of nitrogens with one attached hydrogen (secondary N) is 2. The molecule has 0 saturated carbocycles. The second kappa shape index (κ2) is 11.9. The molecule has 1 saturated heterocycles. The molecule has 2 aromatic carbocycles. The van der Waals surface area contributed by atoms with Gasteiger partial charge in [0.2, 0.25) is 0 Å². The van der Waals surface area contributed by atoms with Gasteiger partial charge in [0.1, 0.15) is 0 Å². The van der Waals surface area contributed by atoms with Crippen LogP contribution in [0.2, 0.25) is 0 Å². The molecule has 0 atom stereocenters. The molecule has 208 valence electrons. The quantitative estimate of drug-likeness (QED) is 0.233. The van der Waals surface area contributed by atoms with Gasteiger partial charge in [-0.3, -0.25) is 14.2 Å². The Morgan fingerprint density at radius 1 is 0.850 bits per heavy atom. The van der Waals surface area contributed by atoms with Gasteiger partial charge in [-0.05, 0) is 55.3 Å². The number of nitrogens with zero attached hydrogens (tertiary/aromatic N) is 3. The molecule has 1 aliphatic rings. The number of aryl methyl sites for hydroxylation is 1. The van der Waals surface area contributed by atoms with Crippen LogP contribution in [0, 0.1) is 6.92 Å². The average Bonchev–Trinajstić information content (AvgIpc) is 3.62. The summed E-state index contributed by atoms with van der Waals surface area (Å²) in [5.74, 6) is -0.562. The molecule has 0 aliphatic carbocycles. The van der Waals surface area contributed by atoms with E-state index in [1.54, 1.807) is 24.3 Å². The van der Waals surface area contributed by atoms with Crippen molar-refractivity contribution in [3.8, 4) is 11.8 Å². The third-order valence-electron chi connectivity index (χ3n) is 7.11. The van der Waals surface area contributed by atoms with Crippen molar-refractivity contribution in [2.75, 3.05) is 47.8 Å². The van der Waals surface area contributed by atoms with Crippen LogP contribution in [0.4, 0.5) is 17.1 Å². The largest absolute Gasteiger partial charge is 0.494 e. The van der Waals surface area contributed by atoms with Gasteiger partial charge in [0.15, 0.2) is 17.5 Å². The van der Waals surface area contributed by atoms with Crippen molar-refractivity contribution < 1.29 is 24.2 Å². The van der Waals surface area contributed by atoms with Gasteiger partial charge in [-0.2, -0.15) is 0 Å². The van der Waals surface area contributed by atoms with Gasteiger partial charge >= 0.3 is 0 Å². The lowest BCUT2D eigenvalue weighted by molar-refractivity contribution is 0.0950. The van der Waals surface area contributed by atoms with Crippen molar-refractivity contribution in [2.24, 2.45) is 0 Å². The number of furan rings is 1. The van der Waals surface area contributed by atoms with E-state index in [0.717, 1.165) is 31.9 Å². The first kappa shape index (κ1) is 26.7. The maximum absolute atomic E-state index is 13.0. The van der Waals surface area contributed by atoms with Crippen molar-refractivity contribution in [3.63, 3.8) is 0 Å². The van der Waals surface area contributed by atoms with Gasteiger partial charge in [0.25, 0.3) is 11.8 Å². The highest BCUT2D eigenvalue weighted by molar-refractivity contribution is 6.05. The third kappa shape index (κ3) is 5.90. The number of carbonyl (C=O) groups excluding carboxylic acids is 2. The van der Waals surface area contributed by atoms with Crippen molar-refractivity contribution in [3.05, 3.63) is 89.9 Å². The van der Waals surface area contributed by atoms with Crippen molar-refractivity contribution in [2.45, 2.75) is 19.9 Å². The molecular weight excluding hydrogens is 510 g/mol. The molecule has 4 N–H and O–H groups in total. The molecule has 5 rings (SSSR count). The highest BCUT2D eigenvalue weighted by atomic mass is 16.3. The van der Waals surface area contributed by atoms with Gasteiger partial charge in [0, 0.05) is 62.7 Å². The molecule has 1 fully saturated rings. The number of hydrogen-bond donors (Lipinski definition) is 4. The second-order valence-electron chi connectivity index (χ2n) is 9.73. The number of piperazine rings is 1. The zero-order chi connectivity index (χ0) is 28.1. The van der Waals surface area contributed by atoms with E-state index in [1.165, 1.54) is 34.2 Å². The van der Waals surface area contributed by atoms with E-state index in [2.05, 4.69) is 45.6 Å². The summed E-state index contributed by atoms with van der Waals surface area (Å²) in [5.41, 5.74) is 4.23. The fourth-order valence-corrected chi connectivity index (χ4v) is 4.97. The predicted octanol–water partition coefficient (Wildman–Crippen LogP) is 4.20. The Labute approximate surface area is 232 Å². The molecule has 0 radical (unpaired) electrons. The molecule has 3 heterocycles. The summed E-state index contributed by atoms with van der Waals surface area (Å²) in [5, 5.41) is 25.3. The molecule has 0 spiro atoms. The summed E-state index contributed by atoms with van der Waals surface area (Å²) in [4.78, 5) is 30.4. The van der Waals surface area contributed by atoms with E-state index in [1.807, 2.05) is 12.1 Å². The van der Waals surface area contributed by atoms with Crippen LogP contribution in [0.25, 0.3) is 0 Å². The van der Waals surface area contributed by atoms with Crippen molar-refractivity contribution >= 4 is 28.9 Å². The summed E-state index contributed by atoms with van der Waals surface area (Å²) in [6, 6.07) is 19.7. The number of carbonyl (C=O) groups is 2. The van der Waals surface area contributed by atoms with Gasteiger partial charge in [-0.15, -0.1) is 0 Å². The molecule has 0 bridgehead atoms. The SMILES string of the molecule is Cc1ccccc1N1CCN(c2ccc(C(=O)NCCCn3c(O)ccc3O)cc2NC(=O)c2ccco2)CC1. The van der Waals surface area contributed by atoms with E-state index in [-0.39, 0.29) is 23.4 Å². The summed E-state index contributed by atoms with van der Waals surface area (Å²) >= 11 is 0. The predicted molar refractivity (Wildman–Crippen MR) is 153 cm³/mol. The molecule has 2 aromatic heterocycles. The van der Waals surface area contributed by atoms with Gasteiger partial charge < -0.3 is 35.1 Å². The molecule has 10 heteroatoms. The van der Waals surface area contributed by atoms with Crippen LogP contribution in [0.1, 0.15) is 32.9 Å². The summed E-state index contributed by atoms with van der Waals surface area (Å²) < 4.78 is 6.63. The number of aromatic hydroxyl groups is 2. The summed E-state index contributed by atoms with van der Waals surface area (Å²) in [7, 11) is 0. The van der Waals surface area contributed by atoms with Gasteiger partial charge in [-0.25, -0.2) is 0 Å². The molecule has 4 aromatic rings. The molecule has 40 heavy (non-hydrogen) atoms. The number of hydrogen-bond acceptors (Lipinski definition) is 7. The number of aromatic nitrogens is 1. The fourth-order valence-electron chi connectivity index (χ4n) is 4.97. The van der Waals surface area contributed by atoms with Crippen LogP contribution >= 0.6 is 0 Å². The first-order valence-electron chi connectivity index (χ1n) is 13.3. The normalized spacial score (nSPS) is 13.3. The lowest BCUT2D eigenvalue weighted by Gasteiger charge is -2.38. The molecule has 1 aliphatic heterocycles. The number of para-hydroxylation sites is 1. The van der Waals surface area contributed by atoms with E-state index < -0.39 is 5.91 Å². The lowest BCUT2D eigenvalue weighted by Crippen LogP contribution is -2.47. The number of benzene rings is 2. The summed E-state index contributed by atoms with van der Waals surface area (Å²) in [6.45, 7) is 5.96. The average molecular weight is 544 g/mol. The molecule has 10 nitrogen and oxygen atoms in total. The second-order valence-corrected chi connectivity index (χ2v) is 9.73. The first-order valence-corrected chi connectivity index (χ1v) is 13.3. The highest BCUT2D eigenvalue weighted by Gasteiger charge is 2.23. The van der Waals surface area contributed by atoms with Crippen molar-refractivity contribution in [1.29, 1.82) is 0 Å². The zero-order valence-electron chi connectivity index (χ0n) is 22.3. The monoisotopic (exact) mass is 543 g/mol. The van der Waals surface area contributed by atoms with E-state index in [4.69, 9.17) is 4.42 Å². The minimum absolute atomic E-state index is 0.0314. The molecule has 2 amide bonds. The molecular formula is C30H33N5O5. The Kier molecular flexibility index (Phi) is 7.95. The van der Waals surface area contributed by atoms with Gasteiger partial charge in [-0.1, -0.05) is 18.2 Å².